The molecule has 40 heavy (non-hydrogen) atoms. The molecule has 1 heterocycles. The predicted octanol–water partition coefficient (Wildman–Crippen LogP) is 2.24. The van der Waals surface area contributed by atoms with Crippen LogP contribution in [0.1, 0.15) is 38.8 Å². The molecule has 4 amide bonds. The first-order valence-electron chi connectivity index (χ1n) is 13.6. The highest BCUT2D eigenvalue weighted by atomic mass is 16.2. The number of rotatable bonds is 11. The van der Waals surface area contributed by atoms with Crippen LogP contribution in [0.25, 0.3) is 0 Å². The summed E-state index contributed by atoms with van der Waals surface area (Å²) in [5.74, 6) is -1.37. The van der Waals surface area contributed by atoms with Crippen LogP contribution in [-0.2, 0) is 32.0 Å². The van der Waals surface area contributed by atoms with Crippen molar-refractivity contribution in [1.29, 1.82) is 0 Å². The molecule has 0 bridgehead atoms. The fourth-order valence-electron chi connectivity index (χ4n) is 4.43. The van der Waals surface area contributed by atoms with E-state index < -0.39 is 35.4 Å². The highest BCUT2D eigenvalue weighted by molar-refractivity contribution is 5.94. The van der Waals surface area contributed by atoms with Gasteiger partial charge in [0.2, 0.25) is 23.6 Å². The molecule has 0 aromatic heterocycles. The average molecular weight is 548 g/mol. The van der Waals surface area contributed by atoms with E-state index >= 15 is 0 Å². The molecular formula is C31H41N5O4. The molecule has 2 aromatic carbocycles. The van der Waals surface area contributed by atoms with Gasteiger partial charge in [-0.1, -0.05) is 81.4 Å². The van der Waals surface area contributed by atoms with Crippen molar-refractivity contribution >= 4 is 23.6 Å². The van der Waals surface area contributed by atoms with Gasteiger partial charge in [0.15, 0.2) is 0 Å². The van der Waals surface area contributed by atoms with Crippen LogP contribution in [0.3, 0.4) is 0 Å². The molecule has 0 saturated carbocycles. The zero-order valence-corrected chi connectivity index (χ0v) is 24.0. The van der Waals surface area contributed by atoms with Crippen molar-refractivity contribution in [2.45, 2.75) is 58.7 Å². The first kappa shape index (κ1) is 30.6. The highest BCUT2D eigenvalue weighted by Crippen LogP contribution is 2.21. The van der Waals surface area contributed by atoms with Crippen molar-refractivity contribution in [1.82, 2.24) is 25.8 Å². The predicted molar refractivity (Wildman–Crippen MR) is 155 cm³/mol. The maximum atomic E-state index is 13.6. The van der Waals surface area contributed by atoms with E-state index in [1.165, 1.54) is 4.90 Å². The molecule has 3 rings (SSSR count). The number of likely N-dealkylation sites (N-methyl/N-ethyl adjacent to an activating group) is 1. The highest BCUT2D eigenvalue weighted by Gasteiger charge is 2.37. The second-order valence-electron chi connectivity index (χ2n) is 11.1. The van der Waals surface area contributed by atoms with E-state index in [1.54, 1.807) is 31.3 Å². The molecule has 214 valence electrons. The third kappa shape index (κ3) is 8.26. The molecule has 0 unspecified atom stereocenters. The van der Waals surface area contributed by atoms with Gasteiger partial charge < -0.3 is 25.8 Å². The lowest BCUT2D eigenvalue weighted by molar-refractivity contribution is -0.143. The smallest absolute Gasteiger partial charge is 0.250 e. The second-order valence-corrected chi connectivity index (χ2v) is 11.1. The van der Waals surface area contributed by atoms with Crippen LogP contribution in [-0.4, -0.2) is 71.7 Å². The van der Waals surface area contributed by atoms with Crippen LogP contribution >= 0.6 is 0 Å². The summed E-state index contributed by atoms with van der Waals surface area (Å²) >= 11 is 0. The molecule has 1 aliphatic heterocycles. The minimum atomic E-state index is -0.851. The Morgan fingerprint density at radius 3 is 2.08 bits per heavy atom. The van der Waals surface area contributed by atoms with Crippen LogP contribution in [0, 0.1) is 5.41 Å². The Morgan fingerprint density at radius 2 is 1.50 bits per heavy atom. The fourth-order valence-corrected chi connectivity index (χ4v) is 4.43. The van der Waals surface area contributed by atoms with Crippen molar-refractivity contribution in [3.05, 3.63) is 84.2 Å². The molecule has 0 radical (unpaired) electrons. The average Bonchev–Trinajstić information content (AvgIpc) is 2.94. The zero-order chi connectivity index (χ0) is 29.3. The summed E-state index contributed by atoms with van der Waals surface area (Å²) in [5.41, 5.74) is 1.45. The molecule has 0 fully saturated rings. The summed E-state index contributed by atoms with van der Waals surface area (Å²) in [4.78, 5) is 55.6. The topological polar surface area (TPSA) is 111 Å². The normalized spacial score (nSPS) is 16.8. The van der Waals surface area contributed by atoms with Gasteiger partial charge in [0, 0.05) is 25.4 Å². The lowest BCUT2D eigenvalue weighted by Crippen LogP contribution is -2.58. The van der Waals surface area contributed by atoms with Crippen LogP contribution in [0.15, 0.2) is 73.1 Å². The summed E-state index contributed by atoms with van der Waals surface area (Å²) < 4.78 is 0. The van der Waals surface area contributed by atoms with E-state index in [2.05, 4.69) is 16.0 Å². The molecule has 9 heteroatoms. The number of carbonyl (C=O) groups excluding carboxylic acids is 4. The van der Waals surface area contributed by atoms with Crippen LogP contribution in [0.2, 0.25) is 0 Å². The number of hydrogen-bond donors (Lipinski definition) is 3. The first-order valence-corrected chi connectivity index (χ1v) is 13.6. The van der Waals surface area contributed by atoms with Crippen LogP contribution in [0.4, 0.5) is 0 Å². The number of benzene rings is 2. The third-order valence-corrected chi connectivity index (χ3v) is 7.01. The number of hydrogen-bond acceptors (Lipinski definition) is 5. The molecule has 3 atom stereocenters. The van der Waals surface area contributed by atoms with E-state index in [-0.39, 0.29) is 18.4 Å². The second kappa shape index (κ2) is 13.9. The maximum Gasteiger partial charge on any atom is 0.250 e. The zero-order valence-electron chi connectivity index (χ0n) is 24.0. The number of nitrogens with one attached hydrogen (secondary N) is 3. The molecule has 0 spiro atoms. The van der Waals surface area contributed by atoms with Crippen molar-refractivity contribution in [3.8, 4) is 0 Å². The van der Waals surface area contributed by atoms with Crippen molar-refractivity contribution in [2.75, 3.05) is 20.1 Å². The van der Waals surface area contributed by atoms with Gasteiger partial charge in [0.1, 0.15) is 12.1 Å². The third-order valence-electron chi connectivity index (χ3n) is 7.01. The monoisotopic (exact) mass is 547 g/mol. The first-order chi connectivity index (χ1) is 19.0. The van der Waals surface area contributed by atoms with Gasteiger partial charge in [-0.15, -0.1) is 0 Å². The van der Waals surface area contributed by atoms with Crippen LogP contribution < -0.4 is 16.0 Å². The van der Waals surface area contributed by atoms with Crippen molar-refractivity contribution in [3.63, 3.8) is 0 Å². The molecule has 3 N–H and O–H groups in total. The van der Waals surface area contributed by atoms with Gasteiger partial charge in [-0.05, 0) is 36.9 Å². The Hall–Kier alpha value is -3.98. The van der Waals surface area contributed by atoms with Gasteiger partial charge in [0.05, 0.1) is 12.6 Å². The maximum absolute atomic E-state index is 13.6. The van der Waals surface area contributed by atoms with E-state index in [4.69, 9.17) is 0 Å². The largest absolute Gasteiger partial charge is 0.345 e. The van der Waals surface area contributed by atoms with Gasteiger partial charge in [-0.2, -0.15) is 0 Å². The molecule has 2 aromatic rings. The lowest BCUT2D eigenvalue weighted by Gasteiger charge is -2.36. The Morgan fingerprint density at radius 1 is 0.900 bits per heavy atom. The summed E-state index contributed by atoms with van der Waals surface area (Å²) in [6.07, 6.45) is 4.27. The Bertz CT molecular complexity index is 1190. The van der Waals surface area contributed by atoms with Gasteiger partial charge in [-0.3, -0.25) is 19.2 Å². The summed E-state index contributed by atoms with van der Waals surface area (Å²) in [6, 6.07) is 17.4. The Kier molecular flexibility index (Phi) is 10.6. The minimum Gasteiger partial charge on any atom is -0.345 e. The molecule has 1 aliphatic rings. The van der Waals surface area contributed by atoms with Gasteiger partial charge in [-0.25, -0.2) is 0 Å². The van der Waals surface area contributed by atoms with E-state index in [0.29, 0.717) is 19.4 Å². The fraction of sp³-hybridized carbons (Fsp3) is 0.419. The molecule has 9 nitrogen and oxygen atoms in total. The summed E-state index contributed by atoms with van der Waals surface area (Å²) in [6.45, 7) is 7.41. The van der Waals surface area contributed by atoms with Crippen molar-refractivity contribution < 1.29 is 19.2 Å². The summed E-state index contributed by atoms with van der Waals surface area (Å²) in [5, 5.41) is 8.32. The SMILES string of the molecule is CN[C@@H](C)C(=O)N[C@H](C(=O)NCC(=O)N1C=CN(CCc2ccccc2)C(=O)[C@@H]1Cc1ccccc1)C(C)(C)C. The van der Waals surface area contributed by atoms with E-state index in [9.17, 15) is 19.2 Å². The number of nitrogens with zero attached hydrogens (tertiary/aromatic N) is 2. The molecule has 0 saturated heterocycles. The molecule has 0 aliphatic carbocycles. The summed E-state index contributed by atoms with van der Waals surface area (Å²) in [7, 11) is 1.66. The van der Waals surface area contributed by atoms with E-state index in [0.717, 1.165) is 11.1 Å². The number of amides is 4. The van der Waals surface area contributed by atoms with Crippen LogP contribution in [0.5, 0.6) is 0 Å². The number of carbonyl (C=O) groups is 4. The minimum absolute atomic E-state index is 0.178. The molecular weight excluding hydrogens is 506 g/mol. The van der Waals surface area contributed by atoms with Crippen molar-refractivity contribution in [2.24, 2.45) is 5.41 Å². The van der Waals surface area contributed by atoms with E-state index in [1.807, 2.05) is 81.4 Å². The van der Waals surface area contributed by atoms with Gasteiger partial charge >= 0.3 is 0 Å². The Balaban J connectivity index is 1.73. The lowest BCUT2D eigenvalue weighted by atomic mass is 9.86. The standard InChI is InChI=1S/C31H41N5O4/c1-22(32-5)28(38)34-27(31(2,3)4)29(39)33-21-26(37)36-19-18-35(17-16-23-12-8-6-9-13-23)30(40)25(36)20-24-14-10-7-11-15-24/h6-15,18-19,22,25,27,32H,16-17,20-21H2,1-5H3,(H,33,39)(H,34,38)/t22-,25-,27+/m0/s1. The quantitative estimate of drug-likeness (QED) is 0.400. The Labute approximate surface area is 237 Å². The van der Waals surface area contributed by atoms with Gasteiger partial charge in [0.25, 0.3) is 0 Å².